The molecule has 0 saturated heterocycles. The maximum absolute atomic E-state index is 11.4. The summed E-state index contributed by atoms with van der Waals surface area (Å²) in [4.78, 5) is 30.1. The number of hydrogen-bond acceptors (Lipinski definition) is 5. The van der Waals surface area contributed by atoms with Crippen molar-refractivity contribution in [3.63, 3.8) is 0 Å². The van der Waals surface area contributed by atoms with Crippen LogP contribution < -0.4 is 0 Å². The molecule has 0 bridgehead atoms. The van der Waals surface area contributed by atoms with Crippen LogP contribution in [-0.2, 0) is 16.0 Å². The van der Waals surface area contributed by atoms with Gasteiger partial charge in [0.15, 0.2) is 5.12 Å². The summed E-state index contributed by atoms with van der Waals surface area (Å²) in [5.74, 6) is -0.103. The first kappa shape index (κ1) is 12.6. The second kappa shape index (κ2) is 5.60. The van der Waals surface area contributed by atoms with Gasteiger partial charge in [-0.05, 0) is 13.8 Å². The molecule has 0 aliphatic heterocycles. The zero-order chi connectivity index (χ0) is 12.1. The molecule has 1 aromatic rings. The normalized spacial score (nSPS) is 9.94. The van der Waals surface area contributed by atoms with Crippen LogP contribution in [0.25, 0.3) is 0 Å². The van der Waals surface area contributed by atoms with Crippen LogP contribution in [0.4, 0.5) is 0 Å². The average molecular weight is 240 g/mol. The fourth-order valence-electron chi connectivity index (χ4n) is 1.14. The summed E-state index contributed by atoms with van der Waals surface area (Å²) < 4.78 is 4.83. The Bertz CT molecular complexity index is 421. The summed E-state index contributed by atoms with van der Waals surface area (Å²) in [5.41, 5.74) is 0.815. The van der Waals surface area contributed by atoms with Crippen molar-refractivity contribution in [1.29, 1.82) is 0 Å². The predicted molar refractivity (Wildman–Crippen MR) is 60.4 cm³/mol. The Balaban J connectivity index is 2.91. The maximum atomic E-state index is 11.4. The Hall–Kier alpha value is -1.43. The molecule has 0 saturated carbocycles. The van der Waals surface area contributed by atoms with Gasteiger partial charge < -0.3 is 4.74 Å². The monoisotopic (exact) mass is 240 g/mol. The average Bonchev–Trinajstić information content (AvgIpc) is 2.16. The van der Waals surface area contributed by atoms with Crippen molar-refractivity contribution in [1.82, 2.24) is 9.97 Å². The van der Waals surface area contributed by atoms with Crippen LogP contribution in [-0.4, -0.2) is 27.7 Å². The van der Waals surface area contributed by atoms with E-state index in [0.29, 0.717) is 23.7 Å². The molecule has 86 valence electrons. The van der Waals surface area contributed by atoms with Crippen LogP contribution in [0.1, 0.15) is 28.8 Å². The molecule has 1 rings (SSSR count). The summed E-state index contributed by atoms with van der Waals surface area (Å²) >= 11 is 3.63. The molecule has 1 heterocycles. The first-order valence-corrected chi connectivity index (χ1v) is 5.20. The van der Waals surface area contributed by atoms with Crippen molar-refractivity contribution in [2.24, 2.45) is 0 Å². The van der Waals surface area contributed by atoms with Crippen molar-refractivity contribution < 1.29 is 14.3 Å². The van der Waals surface area contributed by atoms with Crippen LogP contribution in [0, 0.1) is 6.92 Å². The third-order valence-electron chi connectivity index (χ3n) is 1.83. The van der Waals surface area contributed by atoms with Gasteiger partial charge in [0.25, 0.3) is 0 Å². The van der Waals surface area contributed by atoms with Gasteiger partial charge in [-0.2, -0.15) is 0 Å². The Morgan fingerprint density at radius 2 is 2.19 bits per heavy atom. The van der Waals surface area contributed by atoms with Crippen molar-refractivity contribution in [2.75, 3.05) is 6.61 Å². The smallest absolute Gasteiger partial charge is 0.341 e. The minimum absolute atomic E-state index is 0.0487. The molecule has 0 radical (unpaired) electrons. The van der Waals surface area contributed by atoms with E-state index in [9.17, 15) is 9.59 Å². The van der Waals surface area contributed by atoms with Gasteiger partial charge in [-0.3, -0.25) is 4.79 Å². The second-order valence-corrected chi connectivity index (χ2v) is 3.58. The number of aromatic nitrogens is 2. The quantitative estimate of drug-likeness (QED) is 0.627. The molecule has 1 aromatic heterocycles. The SMILES string of the molecule is CCOC(=O)c1cnc(CC(=O)S)nc1C. The lowest BCUT2D eigenvalue weighted by Crippen LogP contribution is -2.11. The van der Waals surface area contributed by atoms with Gasteiger partial charge >= 0.3 is 5.97 Å². The van der Waals surface area contributed by atoms with E-state index >= 15 is 0 Å². The predicted octanol–water partition coefficient (Wildman–Crippen LogP) is 0.961. The van der Waals surface area contributed by atoms with Gasteiger partial charge in [-0.1, -0.05) is 0 Å². The number of rotatable bonds is 4. The van der Waals surface area contributed by atoms with E-state index in [1.807, 2.05) is 0 Å². The Labute approximate surface area is 98.7 Å². The molecule has 0 spiro atoms. The van der Waals surface area contributed by atoms with E-state index in [2.05, 4.69) is 22.6 Å². The zero-order valence-corrected chi connectivity index (χ0v) is 9.95. The van der Waals surface area contributed by atoms with E-state index in [1.54, 1.807) is 13.8 Å². The molecule has 0 aliphatic rings. The standard InChI is InChI=1S/C10H12N2O3S/c1-3-15-10(14)7-5-11-8(4-9(13)16)12-6(7)2/h5H,3-4H2,1-2H3,(H,13,16). The fourth-order valence-corrected chi connectivity index (χ4v) is 1.29. The van der Waals surface area contributed by atoms with Gasteiger partial charge in [0.1, 0.15) is 5.82 Å². The summed E-state index contributed by atoms with van der Waals surface area (Å²) in [6.45, 7) is 3.69. The number of carbonyl (C=O) groups excluding carboxylic acids is 2. The van der Waals surface area contributed by atoms with E-state index in [-0.39, 0.29) is 11.5 Å². The van der Waals surface area contributed by atoms with Crippen molar-refractivity contribution in [2.45, 2.75) is 20.3 Å². The molecule has 0 N–H and O–H groups in total. The van der Waals surface area contributed by atoms with E-state index in [4.69, 9.17) is 4.74 Å². The van der Waals surface area contributed by atoms with E-state index in [1.165, 1.54) is 6.20 Å². The molecule has 0 amide bonds. The summed E-state index contributed by atoms with van der Waals surface area (Å²) in [5, 5.41) is -0.316. The fraction of sp³-hybridized carbons (Fsp3) is 0.400. The number of ether oxygens (including phenoxy) is 1. The molecule has 5 nitrogen and oxygen atoms in total. The summed E-state index contributed by atoms with van der Waals surface area (Å²) in [6, 6.07) is 0. The van der Waals surface area contributed by atoms with E-state index in [0.717, 1.165) is 0 Å². The molecule has 0 aliphatic carbocycles. The number of thiol groups is 1. The van der Waals surface area contributed by atoms with Crippen LogP contribution in [0.3, 0.4) is 0 Å². The summed E-state index contributed by atoms with van der Waals surface area (Å²) in [6.07, 6.45) is 1.42. The minimum atomic E-state index is -0.455. The lowest BCUT2D eigenvalue weighted by Gasteiger charge is -2.05. The van der Waals surface area contributed by atoms with Crippen LogP contribution in [0.15, 0.2) is 6.20 Å². The number of nitrogens with zero attached hydrogens (tertiary/aromatic N) is 2. The maximum Gasteiger partial charge on any atom is 0.341 e. The minimum Gasteiger partial charge on any atom is -0.462 e. The molecular weight excluding hydrogens is 228 g/mol. The molecular formula is C10H12N2O3S. The van der Waals surface area contributed by atoms with Crippen molar-refractivity contribution >= 4 is 23.7 Å². The second-order valence-electron chi connectivity index (χ2n) is 3.08. The summed E-state index contributed by atoms with van der Waals surface area (Å²) in [7, 11) is 0. The van der Waals surface area contributed by atoms with Gasteiger partial charge in [0, 0.05) is 6.20 Å². The molecule has 16 heavy (non-hydrogen) atoms. The largest absolute Gasteiger partial charge is 0.462 e. The van der Waals surface area contributed by atoms with Gasteiger partial charge in [-0.15, -0.1) is 12.6 Å². The Morgan fingerprint density at radius 3 is 2.69 bits per heavy atom. The lowest BCUT2D eigenvalue weighted by molar-refractivity contribution is -0.110. The van der Waals surface area contributed by atoms with Crippen molar-refractivity contribution in [3.05, 3.63) is 23.3 Å². The number of hydrogen-bond donors (Lipinski definition) is 1. The van der Waals surface area contributed by atoms with Crippen LogP contribution >= 0.6 is 12.6 Å². The molecule has 0 atom stereocenters. The highest BCUT2D eigenvalue weighted by atomic mass is 32.1. The number of carbonyl (C=O) groups is 2. The first-order valence-electron chi connectivity index (χ1n) is 4.76. The Kier molecular flexibility index (Phi) is 4.42. The van der Waals surface area contributed by atoms with Gasteiger partial charge in [-0.25, -0.2) is 14.8 Å². The van der Waals surface area contributed by atoms with Gasteiger partial charge in [0.05, 0.1) is 24.3 Å². The number of aryl methyl sites for hydroxylation is 1. The van der Waals surface area contributed by atoms with Crippen LogP contribution in [0.2, 0.25) is 0 Å². The molecule has 0 unspecified atom stereocenters. The zero-order valence-electron chi connectivity index (χ0n) is 9.06. The van der Waals surface area contributed by atoms with Crippen LogP contribution in [0.5, 0.6) is 0 Å². The first-order chi connectivity index (χ1) is 7.54. The lowest BCUT2D eigenvalue weighted by atomic mass is 10.2. The Morgan fingerprint density at radius 1 is 1.50 bits per heavy atom. The van der Waals surface area contributed by atoms with Gasteiger partial charge in [0.2, 0.25) is 0 Å². The third kappa shape index (κ3) is 3.30. The van der Waals surface area contributed by atoms with Crippen molar-refractivity contribution in [3.8, 4) is 0 Å². The highest BCUT2D eigenvalue weighted by Crippen LogP contribution is 2.07. The molecule has 0 fully saturated rings. The highest BCUT2D eigenvalue weighted by Gasteiger charge is 2.13. The van der Waals surface area contributed by atoms with E-state index < -0.39 is 5.97 Å². The third-order valence-corrected chi connectivity index (χ3v) is 1.99. The number of esters is 1. The highest BCUT2D eigenvalue weighted by molar-refractivity contribution is 7.96. The molecule has 6 heteroatoms. The molecule has 0 aromatic carbocycles. The topological polar surface area (TPSA) is 69.2 Å².